The maximum atomic E-state index is 11.8. The van der Waals surface area contributed by atoms with Crippen molar-refractivity contribution in [3.8, 4) is 0 Å². The molecule has 1 fully saturated rings. The number of hydrogen-bond donors (Lipinski definition) is 2. The number of methoxy groups -OCH3 is 1. The summed E-state index contributed by atoms with van der Waals surface area (Å²) in [4.78, 5) is 15.2. The summed E-state index contributed by atoms with van der Waals surface area (Å²) in [6.45, 7) is 0.726. The van der Waals surface area contributed by atoms with Gasteiger partial charge < -0.3 is 15.0 Å². The van der Waals surface area contributed by atoms with E-state index in [0.717, 1.165) is 19.4 Å². The second-order valence-electron chi connectivity index (χ2n) is 5.86. The van der Waals surface area contributed by atoms with Gasteiger partial charge in [-0.2, -0.15) is 0 Å². The standard InChI is InChI=1S/C16H18N2O2/c1-20-16(19)10-5-12-11-3-2-4-13-15(11)9(7-17-13)6-14(12)18-8-10/h2-4,7,10,12,14,17-18H,5-6,8H2,1H3/t10-,12+,14+/m0/s1. The molecule has 2 aliphatic rings. The van der Waals surface area contributed by atoms with Crippen LogP contribution >= 0.6 is 0 Å². The fourth-order valence-corrected chi connectivity index (χ4v) is 3.89. The third-order valence-corrected chi connectivity index (χ3v) is 4.84. The zero-order valence-corrected chi connectivity index (χ0v) is 11.5. The number of benzene rings is 1. The molecule has 0 radical (unpaired) electrons. The van der Waals surface area contributed by atoms with Gasteiger partial charge in [-0.25, -0.2) is 0 Å². The van der Waals surface area contributed by atoms with Gasteiger partial charge in [-0.05, 0) is 30.0 Å². The molecule has 2 heterocycles. The minimum absolute atomic E-state index is 0.0306. The molecule has 20 heavy (non-hydrogen) atoms. The Morgan fingerprint density at radius 2 is 2.30 bits per heavy atom. The second-order valence-corrected chi connectivity index (χ2v) is 5.86. The highest BCUT2D eigenvalue weighted by Gasteiger charge is 2.38. The monoisotopic (exact) mass is 270 g/mol. The van der Waals surface area contributed by atoms with Crippen molar-refractivity contribution in [1.29, 1.82) is 0 Å². The van der Waals surface area contributed by atoms with Crippen LogP contribution in [0.25, 0.3) is 10.9 Å². The maximum Gasteiger partial charge on any atom is 0.309 e. The van der Waals surface area contributed by atoms with E-state index in [9.17, 15) is 4.79 Å². The molecule has 0 unspecified atom stereocenters. The summed E-state index contributed by atoms with van der Waals surface area (Å²) in [5, 5.41) is 4.91. The van der Waals surface area contributed by atoms with Gasteiger partial charge in [0.1, 0.15) is 0 Å². The van der Waals surface area contributed by atoms with Gasteiger partial charge >= 0.3 is 5.97 Å². The van der Waals surface area contributed by atoms with E-state index in [1.54, 1.807) is 0 Å². The predicted octanol–water partition coefficient (Wildman–Crippen LogP) is 1.96. The van der Waals surface area contributed by atoms with Crippen LogP contribution in [0, 0.1) is 5.92 Å². The first kappa shape index (κ1) is 12.0. The first-order valence-electron chi connectivity index (χ1n) is 7.18. The highest BCUT2D eigenvalue weighted by Crippen LogP contribution is 2.41. The molecule has 1 aromatic heterocycles. The van der Waals surface area contributed by atoms with Crippen LogP contribution in [0.15, 0.2) is 24.4 Å². The quantitative estimate of drug-likeness (QED) is 0.779. The Morgan fingerprint density at radius 3 is 3.15 bits per heavy atom. The molecule has 1 aliphatic carbocycles. The van der Waals surface area contributed by atoms with Gasteiger partial charge in [0, 0.05) is 35.6 Å². The van der Waals surface area contributed by atoms with Crippen LogP contribution in [-0.4, -0.2) is 30.6 Å². The minimum atomic E-state index is -0.0945. The van der Waals surface area contributed by atoms with Gasteiger partial charge in [0.25, 0.3) is 0 Å². The summed E-state index contributed by atoms with van der Waals surface area (Å²) >= 11 is 0. The van der Waals surface area contributed by atoms with Crippen molar-refractivity contribution in [2.75, 3.05) is 13.7 Å². The lowest BCUT2D eigenvalue weighted by Gasteiger charge is -2.39. The fourth-order valence-electron chi connectivity index (χ4n) is 3.89. The molecule has 4 rings (SSSR count). The Morgan fingerprint density at radius 1 is 1.40 bits per heavy atom. The topological polar surface area (TPSA) is 54.1 Å². The summed E-state index contributed by atoms with van der Waals surface area (Å²) in [5.41, 5.74) is 3.97. The SMILES string of the molecule is COC(=O)[C@@H]1CN[C@@H]2Cc3c[nH]c4cccc(c34)[C@H]2C1. The van der Waals surface area contributed by atoms with E-state index in [-0.39, 0.29) is 11.9 Å². The van der Waals surface area contributed by atoms with E-state index in [1.165, 1.54) is 29.1 Å². The van der Waals surface area contributed by atoms with E-state index in [2.05, 4.69) is 34.7 Å². The van der Waals surface area contributed by atoms with Gasteiger partial charge in [-0.15, -0.1) is 0 Å². The van der Waals surface area contributed by atoms with Gasteiger partial charge in [-0.1, -0.05) is 12.1 Å². The van der Waals surface area contributed by atoms with E-state index in [4.69, 9.17) is 4.74 Å². The number of rotatable bonds is 1. The number of carbonyl (C=O) groups excluding carboxylic acids is 1. The van der Waals surface area contributed by atoms with Crippen LogP contribution in [0.4, 0.5) is 0 Å². The van der Waals surface area contributed by atoms with E-state index >= 15 is 0 Å². The first-order valence-corrected chi connectivity index (χ1v) is 7.18. The lowest BCUT2D eigenvalue weighted by atomic mass is 9.73. The summed E-state index contributed by atoms with van der Waals surface area (Å²) in [7, 11) is 1.47. The van der Waals surface area contributed by atoms with E-state index in [0.29, 0.717) is 12.0 Å². The molecule has 1 aliphatic heterocycles. The fraction of sp³-hybridized carbons (Fsp3) is 0.438. The van der Waals surface area contributed by atoms with Crippen molar-refractivity contribution < 1.29 is 9.53 Å². The van der Waals surface area contributed by atoms with Crippen molar-refractivity contribution in [2.45, 2.75) is 24.8 Å². The van der Waals surface area contributed by atoms with Crippen LogP contribution in [0.1, 0.15) is 23.5 Å². The number of H-pyrrole nitrogens is 1. The molecule has 0 spiro atoms. The first-order chi connectivity index (χ1) is 9.78. The number of esters is 1. The average molecular weight is 270 g/mol. The highest BCUT2D eigenvalue weighted by atomic mass is 16.5. The van der Waals surface area contributed by atoms with Crippen LogP contribution < -0.4 is 5.32 Å². The van der Waals surface area contributed by atoms with Gasteiger partial charge in [-0.3, -0.25) is 4.79 Å². The molecule has 104 valence electrons. The average Bonchev–Trinajstić information content (AvgIpc) is 2.91. The van der Waals surface area contributed by atoms with Crippen molar-refractivity contribution in [2.24, 2.45) is 5.92 Å². The van der Waals surface area contributed by atoms with Gasteiger partial charge in [0.05, 0.1) is 13.0 Å². The lowest BCUT2D eigenvalue weighted by Crippen LogP contribution is -2.48. The number of ether oxygens (including phenoxy) is 1. The molecule has 4 heteroatoms. The van der Waals surface area contributed by atoms with E-state index < -0.39 is 0 Å². The summed E-state index contributed by atoms with van der Waals surface area (Å²) in [6, 6.07) is 6.86. The molecule has 2 N–H and O–H groups in total. The van der Waals surface area contributed by atoms with Crippen molar-refractivity contribution >= 4 is 16.9 Å². The Bertz CT molecular complexity index is 676. The maximum absolute atomic E-state index is 11.8. The summed E-state index contributed by atoms with van der Waals surface area (Å²) in [6.07, 6.45) is 4.04. The molecule has 4 nitrogen and oxygen atoms in total. The van der Waals surface area contributed by atoms with Gasteiger partial charge in [0.2, 0.25) is 0 Å². The summed E-state index contributed by atoms with van der Waals surface area (Å²) in [5.74, 6) is 0.278. The zero-order valence-electron chi connectivity index (χ0n) is 11.5. The third-order valence-electron chi connectivity index (χ3n) is 4.84. The lowest BCUT2D eigenvalue weighted by molar-refractivity contribution is -0.146. The molecule has 0 amide bonds. The Balaban J connectivity index is 1.76. The van der Waals surface area contributed by atoms with Crippen LogP contribution in [0.3, 0.4) is 0 Å². The molecule has 2 aromatic rings. The minimum Gasteiger partial charge on any atom is -0.469 e. The van der Waals surface area contributed by atoms with Crippen molar-refractivity contribution in [3.63, 3.8) is 0 Å². The number of carbonyl (C=O) groups is 1. The molecule has 0 bridgehead atoms. The molecular weight excluding hydrogens is 252 g/mol. The Hall–Kier alpha value is -1.81. The third kappa shape index (κ3) is 1.61. The number of aromatic nitrogens is 1. The Kier molecular flexibility index (Phi) is 2.60. The smallest absolute Gasteiger partial charge is 0.309 e. The van der Waals surface area contributed by atoms with Crippen molar-refractivity contribution in [3.05, 3.63) is 35.5 Å². The number of aromatic amines is 1. The zero-order chi connectivity index (χ0) is 13.7. The highest BCUT2D eigenvalue weighted by molar-refractivity contribution is 5.88. The van der Waals surface area contributed by atoms with Crippen LogP contribution in [-0.2, 0) is 16.0 Å². The Labute approximate surface area is 117 Å². The second kappa shape index (κ2) is 4.35. The molecular formula is C16H18N2O2. The number of hydrogen-bond acceptors (Lipinski definition) is 3. The molecule has 1 aromatic carbocycles. The molecule has 0 saturated carbocycles. The normalized spacial score (nSPS) is 28.1. The largest absolute Gasteiger partial charge is 0.469 e. The number of fused-ring (bicyclic) bond motifs is 2. The molecule has 1 saturated heterocycles. The van der Waals surface area contributed by atoms with E-state index in [1.807, 2.05) is 0 Å². The number of nitrogens with one attached hydrogen (secondary N) is 2. The number of piperidine rings is 1. The van der Waals surface area contributed by atoms with Crippen LogP contribution in [0.2, 0.25) is 0 Å². The van der Waals surface area contributed by atoms with Crippen molar-refractivity contribution in [1.82, 2.24) is 10.3 Å². The van der Waals surface area contributed by atoms with Gasteiger partial charge in [0.15, 0.2) is 0 Å². The summed E-state index contributed by atoms with van der Waals surface area (Å²) < 4.78 is 4.91. The van der Waals surface area contributed by atoms with Crippen LogP contribution in [0.5, 0.6) is 0 Å². The molecule has 3 atom stereocenters. The predicted molar refractivity (Wildman–Crippen MR) is 76.7 cm³/mol.